The molecule has 29 heavy (non-hydrogen) atoms. The lowest BCUT2D eigenvalue weighted by Crippen LogP contribution is -2.32. The van der Waals surface area contributed by atoms with E-state index in [2.05, 4.69) is 15.5 Å². The Labute approximate surface area is 167 Å². The van der Waals surface area contributed by atoms with Gasteiger partial charge >= 0.3 is 0 Å². The van der Waals surface area contributed by atoms with Crippen LogP contribution in [0.25, 0.3) is 10.9 Å². The minimum absolute atomic E-state index is 0.00320. The number of rotatable bonds is 7. The number of hydrogen-bond acceptors (Lipinski definition) is 5. The van der Waals surface area contributed by atoms with Gasteiger partial charge in [-0.1, -0.05) is 36.4 Å². The van der Waals surface area contributed by atoms with E-state index >= 15 is 0 Å². The van der Waals surface area contributed by atoms with Crippen molar-refractivity contribution in [2.24, 2.45) is 10.2 Å². The largest absolute Gasteiger partial charge is 0.493 e. The van der Waals surface area contributed by atoms with Crippen LogP contribution in [-0.4, -0.2) is 34.6 Å². The van der Waals surface area contributed by atoms with E-state index in [1.54, 1.807) is 34.9 Å². The Morgan fingerprint density at radius 1 is 1.10 bits per heavy atom. The average Bonchev–Trinajstić information content (AvgIpc) is 3.01. The standard InChI is InChI=1S/C21H22N4O4/c1-14(2)25-17-11-7-6-10-16(17)20(21(25)28)24-23-18(26)12-22-19(27)13-29-15-8-4-3-5-9-15/h3-11,14,28H,12-13H2,1-2H3,(H,22,27). The number of carbonyl (C=O) groups excluding carboxylic acids is 2. The highest BCUT2D eigenvalue weighted by atomic mass is 16.5. The van der Waals surface area contributed by atoms with Crippen molar-refractivity contribution < 1.29 is 19.4 Å². The van der Waals surface area contributed by atoms with Crippen LogP contribution in [0, 0.1) is 0 Å². The summed E-state index contributed by atoms with van der Waals surface area (Å²) in [6.45, 7) is 3.34. The summed E-state index contributed by atoms with van der Waals surface area (Å²) in [4.78, 5) is 23.8. The Balaban J connectivity index is 1.61. The van der Waals surface area contributed by atoms with Gasteiger partial charge in [-0.15, -0.1) is 10.2 Å². The van der Waals surface area contributed by atoms with Gasteiger partial charge in [0.25, 0.3) is 11.8 Å². The van der Waals surface area contributed by atoms with Gasteiger partial charge in [-0.3, -0.25) is 9.59 Å². The Bertz CT molecular complexity index is 1040. The fourth-order valence-electron chi connectivity index (χ4n) is 2.89. The molecule has 0 saturated heterocycles. The molecule has 8 heteroatoms. The number of para-hydroxylation sites is 2. The summed E-state index contributed by atoms with van der Waals surface area (Å²) in [6, 6.07) is 16.2. The summed E-state index contributed by atoms with van der Waals surface area (Å²) in [6.07, 6.45) is 0. The molecule has 0 spiro atoms. The van der Waals surface area contributed by atoms with Gasteiger partial charge in [0.2, 0.25) is 5.88 Å². The summed E-state index contributed by atoms with van der Waals surface area (Å²) in [7, 11) is 0. The van der Waals surface area contributed by atoms with Gasteiger partial charge in [0.15, 0.2) is 12.3 Å². The minimum Gasteiger partial charge on any atom is -0.493 e. The van der Waals surface area contributed by atoms with Crippen LogP contribution in [-0.2, 0) is 9.59 Å². The van der Waals surface area contributed by atoms with Gasteiger partial charge in [0, 0.05) is 11.4 Å². The number of aromatic hydroxyl groups is 1. The van der Waals surface area contributed by atoms with E-state index in [1.165, 1.54) is 0 Å². The van der Waals surface area contributed by atoms with Gasteiger partial charge in [0.1, 0.15) is 12.3 Å². The molecule has 8 nitrogen and oxygen atoms in total. The lowest BCUT2D eigenvalue weighted by Gasteiger charge is -2.10. The highest BCUT2D eigenvalue weighted by Gasteiger charge is 2.18. The zero-order valence-corrected chi connectivity index (χ0v) is 16.2. The van der Waals surface area contributed by atoms with Crippen LogP contribution in [0.4, 0.5) is 5.69 Å². The van der Waals surface area contributed by atoms with E-state index in [-0.39, 0.29) is 30.8 Å². The van der Waals surface area contributed by atoms with Crippen molar-refractivity contribution >= 4 is 28.4 Å². The molecule has 3 aromatic rings. The summed E-state index contributed by atoms with van der Waals surface area (Å²) in [5.41, 5.74) is 1.02. The number of ether oxygens (including phenoxy) is 1. The molecule has 0 unspecified atom stereocenters. The third-order valence-corrected chi connectivity index (χ3v) is 4.19. The smallest absolute Gasteiger partial charge is 0.283 e. The fourth-order valence-corrected chi connectivity index (χ4v) is 2.89. The van der Waals surface area contributed by atoms with E-state index in [0.29, 0.717) is 11.1 Å². The lowest BCUT2D eigenvalue weighted by atomic mass is 10.2. The minimum atomic E-state index is -0.640. The molecule has 2 aromatic carbocycles. The van der Waals surface area contributed by atoms with Crippen molar-refractivity contribution in [2.45, 2.75) is 19.9 Å². The SMILES string of the molecule is CC(C)n1c(O)c(N=NC(=O)CNC(=O)COc2ccccc2)c2ccccc21. The van der Waals surface area contributed by atoms with Crippen LogP contribution in [0.2, 0.25) is 0 Å². The summed E-state index contributed by atoms with van der Waals surface area (Å²) >= 11 is 0. The molecule has 0 radical (unpaired) electrons. The monoisotopic (exact) mass is 394 g/mol. The number of benzene rings is 2. The first-order valence-electron chi connectivity index (χ1n) is 9.18. The predicted molar refractivity (Wildman–Crippen MR) is 108 cm³/mol. The number of nitrogens with one attached hydrogen (secondary N) is 1. The Kier molecular flexibility index (Phi) is 6.23. The van der Waals surface area contributed by atoms with Gasteiger partial charge in [-0.25, -0.2) is 0 Å². The summed E-state index contributed by atoms with van der Waals surface area (Å²) in [5, 5.41) is 21.2. The van der Waals surface area contributed by atoms with Crippen molar-refractivity contribution in [3.8, 4) is 11.6 Å². The first-order valence-corrected chi connectivity index (χ1v) is 9.18. The van der Waals surface area contributed by atoms with E-state index in [0.717, 1.165) is 5.52 Å². The second-order valence-corrected chi connectivity index (χ2v) is 6.63. The fraction of sp³-hybridized carbons (Fsp3) is 0.238. The van der Waals surface area contributed by atoms with Gasteiger partial charge in [0.05, 0.1) is 5.52 Å². The van der Waals surface area contributed by atoms with Crippen LogP contribution < -0.4 is 10.1 Å². The molecule has 2 amide bonds. The zero-order chi connectivity index (χ0) is 20.8. The molecule has 2 N–H and O–H groups in total. The predicted octanol–water partition coefficient (Wildman–Crippen LogP) is 3.73. The van der Waals surface area contributed by atoms with E-state index in [4.69, 9.17) is 4.74 Å². The maximum Gasteiger partial charge on any atom is 0.283 e. The third-order valence-electron chi connectivity index (χ3n) is 4.19. The van der Waals surface area contributed by atoms with Crippen LogP contribution in [0.3, 0.4) is 0 Å². The van der Waals surface area contributed by atoms with Crippen LogP contribution >= 0.6 is 0 Å². The number of nitrogens with zero attached hydrogens (tertiary/aromatic N) is 3. The van der Waals surface area contributed by atoms with Crippen molar-refractivity contribution in [2.75, 3.05) is 13.2 Å². The molecule has 3 rings (SSSR count). The van der Waals surface area contributed by atoms with Crippen LogP contribution in [0.5, 0.6) is 11.6 Å². The maximum atomic E-state index is 12.0. The topological polar surface area (TPSA) is 105 Å². The zero-order valence-electron chi connectivity index (χ0n) is 16.2. The molecular weight excluding hydrogens is 372 g/mol. The molecule has 0 bridgehead atoms. The second-order valence-electron chi connectivity index (χ2n) is 6.63. The number of aromatic nitrogens is 1. The van der Waals surface area contributed by atoms with E-state index in [9.17, 15) is 14.7 Å². The first kappa shape index (κ1) is 20.1. The number of azo groups is 1. The van der Waals surface area contributed by atoms with Crippen LogP contribution in [0.1, 0.15) is 19.9 Å². The number of amides is 2. The van der Waals surface area contributed by atoms with Crippen molar-refractivity contribution in [1.82, 2.24) is 9.88 Å². The molecule has 0 aliphatic carbocycles. The third kappa shape index (κ3) is 4.78. The van der Waals surface area contributed by atoms with Crippen molar-refractivity contribution in [3.05, 3.63) is 54.6 Å². The maximum absolute atomic E-state index is 12.0. The average molecular weight is 394 g/mol. The highest BCUT2D eigenvalue weighted by molar-refractivity contribution is 5.95. The Morgan fingerprint density at radius 2 is 1.79 bits per heavy atom. The first-order chi connectivity index (χ1) is 14.0. The summed E-state index contributed by atoms with van der Waals surface area (Å²) < 4.78 is 7.02. The van der Waals surface area contributed by atoms with Crippen molar-refractivity contribution in [3.63, 3.8) is 0 Å². The highest BCUT2D eigenvalue weighted by Crippen LogP contribution is 2.40. The molecule has 1 aromatic heterocycles. The molecule has 0 fully saturated rings. The molecule has 0 aliphatic heterocycles. The molecule has 0 saturated carbocycles. The Hall–Kier alpha value is -3.68. The van der Waals surface area contributed by atoms with Gasteiger partial charge in [-0.2, -0.15) is 0 Å². The van der Waals surface area contributed by atoms with E-state index < -0.39 is 11.8 Å². The molecular formula is C21H22N4O4. The lowest BCUT2D eigenvalue weighted by molar-refractivity contribution is -0.126. The molecule has 1 heterocycles. The van der Waals surface area contributed by atoms with Gasteiger partial charge < -0.3 is 19.7 Å². The molecule has 0 aliphatic rings. The summed E-state index contributed by atoms with van der Waals surface area (Å²) in [5.74, 6) is -0.584. The van der Waals surface area contributed by atoms with Crippen molar-refractivity contribution in [1.29, 1.82) is 0 Å². The normalized spacial score (nSPS) is 11.3. The number of fused-ring (bicyclic) bond motifs is 1. The Morgan fingerprint density at radius 3 is 2.52 bits per heavy atom. The number of carbonyl (C=O) groups is 2. The quantitative estimate of drug-likeness (QED) is 0.596. The van der Waals surface area contributed by atoms with E-state index in [1.807, 2.05) is 38.1 Å². The molecule has 150 valence electrons. The molecule has 0 atom stereocenters. The van der Waals surface area contributed by atoms with Crippen LogP contribution in [0.15, 0.2) is 64.8 Å². The van der Waals surface area contributed by atoms with Gasteiger partial charge in [-0.05, 0) is 32.0 Å². The second kappa shape index (κ2) is 9.01. The number of hydrogen-bond donors (Lipinski definition) is 2.